The molecule has 1 aliphatic rings. The van der Waals surface area contributed by atoms with E-state index in [1.54, 1.807) is 6.07 Å². The number of hydrogen-bond donors (Lipinski definition) is 1. The molecule has 0 spiro atoms. The molecule has 1 saturated heterocycles. The fourth-order valence-electron chi connectivity index (χ4n) is 2.61. The normalized spacial score (nSPS) is 18.1. The lowest BCUT2D eigenvalue weighted by Gasteiger charge is -2.34. The van der Waals surface area contributed by atoms with Crippen LogP contribution in [0.15, 0.2) is 23.1 Å². The van der Waals surface area contributed by atoms with Crippen LogP contribution in [0.5, 0.6) is 0 Å². The van der Waals surface area contributed by atoms with E-state index in [1.807, 2.05) is 18.7 Å². The van der Waals surface area contributed by atoms with Crippen molar-refractivity contribution in [3.63, 3.8) is 0 Å². The summed E-state index contributed by atoms with van der Waals surface area (Å²) in [6.45, 7) is 5.78. The average Bonchev–Trinajstić information content (AvgIpc) is 2.54. The van der Waals surface area contributed by atoms with Gasteiger partial charge in [-0.05, 0) is 25.5 Å². The summed E-state index contributed by atoms with van der Waals surface area (Å²) in [6.07, 6.45) is 0.871. The monoisotopic (exact) mass is 407 g/mol. The summed E-state index contributed by atoms with van der Waals surface area (Å²) >= 11 is 12.1. The SMILES string of the molecule is CC[C@@H](C)NC(=O)CN1CCN(S(=O)(=O)c2c(Cl)cccc2Cl)CC1. The molecule has 0 bridgehead atoms. The number of amides is 1. The number of carbonyl (C=O) groups excluding carboxylic acids is 1. The Bertz CT molecular complexity index is 699. The Kier molecular flexibility index (Phi) is 7.10. The highest BCUT2D eigenvalue weighted by molar-refractivity contribution is 7.89. The lowest BCUT2D eigenvalue weighted by Crippen LogP contribution is -2.51. The van der Waals surface area contributed by atoms with Crippen molar-refractivity contribution in [3.8, 4) is 0 Å². The highest BCUT2D eigenvalue weighted by Crippen LogP contribution is 2.31. The van der Waals surface area contributed by atoms with Gasteiger partial charge in [-0.2, -0.15) is 4.31 Å². The molecule has 6 nitrogen and oxygen atoms in total. The number of rotatable bonds is 6. The van der Waals surface area contributed by atoms with Crippen LogP contribution < -0.4 is 5.32 Å². The van der Waals surface area contributed by atoms with Gasteiger partial charge in [0.1, 0.15) is 4.90 Å². The van der Waals surface area contributed by atoms with Gasteiger partial charge in [-0.25, -0.2) is 8.42 Å². The Morgan fingerprint density at radius 2 is 1.76 bits per heavy atom. The molecular formula is C16H23Cl2N3O3S. The molecule has 25 heavy (non-hydrogen) atoms. The molecule has 0 saturated carbocycles. The van der Waals surface area contributed by atoms with Crippen molar-refractivity contribution in [2.75, 3.05) is 32.7 Å². The Morgan fingerprint density at radius 3 is 2.28 bits per heavy atom. The van der Waals surface area contributed by atoms with Gasteiger partial charge in [-0.15, -0.1) is 0 Å². The minimum Gasteiger partial charge on any atom is -0.353 e. The number of benzene rings is 1. The number of piperazine rings is 1. The van der Waals surface area contributed by atoms with E-state index in [2.05, 4.69) is 5.32 Å². The summed E-state index contributed by atoms with van der Waals surface area (Å²) in [6, 6.07) is 4.76. The van der Waals surface area contributed by atoms with E-state index in [9.17, 15) is 13.2 Å². The number of nitrogens with zero attached hydrogens (tertiary/aromatic N) is 2. The zero-order chi connectivity index (χ0) is 18.6. The Labute approximate surface area is 159 Å². The lowest BCUT2D eigenvalue weighted by atomic mass is 10.2. The fraction of sp³-hybridized carbons (Fsp3) is 0.562. The van der Waals surface area contributed by atoms with Crippen molar-refractivity contribution in [3.05, 3.63) is 28.2 Å². The summed E-state index contributed by atoms with van der Waals surface area (Å²) in [5, 5.41) is 3.14. The number of hydrogen-bond acceptors (Lipinski definition) is 4. The highest BCUT2D eigenvalue weighted by Gasteiger charge is 2.32. The molecule has 9 heteroatoms. The second-order valence-corrected chi connectivity index (χ2v) is 8.80. The fourth-order valence-corrected chi connectivity index (χ4v) is 5.13. The smallest absolute Gasteiger partial charge is 0.246 e. The molecule has 2 rings (SSSR count). The number of carbonyl (C=O) groups is 1. The molecular weight excluding hydrogens is 385 g/mol. The first-order valence-corrected chi connectivity index (χ1v) is 10.4. The maximum atomic E-state index is 12.8. The van der Waals surface area contributed by atoms with Crippen molar-refractivity contribution < 1.29 is 13.2 Å². The summed E-state index contributed by atoms with van der Waals surface area (Å²) in [5.41, 5.74) is 0. The first kappa shape index (κ1) is 20.5. The van der Waals surface area contributed by atoms with Gasteiger partial charge in [0.05, 0.1) is 16.6 Å². The van der Waals surface area contributed by atoms with E-state index in [0.717, 1.165) is 6.42 Å². The Balaban J connectivity index is 1.99. The molecule has 0 radical (unpaired) electrons. The predicted molar refractivity (Wildman–Crippen MR) is 99.6 cm³/mol. The quantitative estimate of drug-likeness (QED) is 0.784. The molecule has 1 heterocycles. The molecule has 0 aromatic heterocycles. The molecule has 1 aromatic rings. The largest absolute Gasteiger partial charge is 0.353 e. The third kappa shape index (κ3) is 5.08. The van der Waals surface area contributed by atoms with Crippen molar-refractivity contribution in [2.45, 2.75) is 31.2 Å². The summed E-state index contributed by atoms with van der Waals surface area (Å²) in [4.78, 5) is 13.8. The molecule has 0 unspecified atom stereocenters. The van der Waals surface area contributed by atoms with E-state index in [0.29, 0.717) is 26.2 Å². The molecule has 1 N–H and O–H groups in total. The van der Waals surface area contributed by atoms with Crippen LogP contribution in [0.25, 0.3) is 0 Å². The zero-order valence-corrected chi connectivity index (χ0v) is 16.7. The van der Waals surface area contributed by atoms with Gasteiger partial charge in [0, 0.05) is 32.2 Å². The first-order valence-electron chi connectivity index (χ1n) is 8.21. The summed E-state index contributed by atoms with van der Waals surface area (Å²) in [7, 11) is -3.76. The van der Waals surface area contributed by atoms with Crippen molar-refractivity contribution in [2.24, 2.45) is 0 Å². The minimum atomic E-state index is -3.76. The Morgan fingerprint density at radius 1 is 1.20 bits per heavy atom. The number of halogens is 2. The summed E-state index contributed by atoms with van der Waals surface area (Å²) in [5.74, 6) is -0.0418. The highest BCUT2D eigenvalue weighted by atomic mass is 35.5. The number of sulfonamides is 1. The molecule has 1 aromatic carbocycles. The van der Waals surface area contributed by atoms with Gasteiger partial charge in [-0.3, -0.25) is 9.69 Å². The van der Waals surface area contributed by atoms with Gasteiger partial charge in [0.2, 0.25) is 15.9 Å². The van der Waals surface area contributed by atoms with Crippen LogP contribution >= 0.6 is 23.2 Å². The third-order valence-electron chi connectivity index (χ3n) is 4.24. The zero-order valence-electron chi connectivity index (χ0n) is 14.3. The molecule has 140 valence electrons. The standard InChI is InChI=1S/C16H23Cl2N3O3S/c1-3-12(2)19-15(22)11-20-7-9-21(10-8-20)25(23,24)16-13(17)5-4-6-14(16)18/h4-6,12H,3,7-11H2,1-2H3,(H,19,22)/t12-/m1/s1. The van der Waals surface area contributed by atoms with Crippen LogP contribution in [0.3, 0.4) is 0 Å². The number of nitrogens with one attached hydrogen (secondary N) is 1. The van der Waals surface area contributed by atoms with Crippen LogP contribution in [-0.4, -0.2) is 62.3 Å². The second-order valence-electron chi connectivity index (χ2n) is 6.11. The van der Waals surface area contributed by atoms with Crippen LogP contribution in [0.4, 0.5) is 0 Å². The van der Waals surface area contributed by atoms with Crippen LogP contribution in [0, 0.1) is 0 Å². The van der Waals surface area contributed by atoms with E-state index < -0.39 is 10.0 Å². The van der Waals surface area contributed by atoms with Gasteiger partial charge in [0.15, 0.2) is 0 Å². The molecule has 0 aliphatic carbocycles. The van der Waals surface area contributed by atoms with Crippen molar-refractivity contribution in [1.82, 2.24) is 14.5 Å². The topological polar surface area (TPSA) is 69.7 Å². The van der Waals surface area contributed by atoms with Gasteiger partial charge >= 0.3 is 0 Å². The van der Waals surface area contributed by atoms with E-state index in [4.69, 9.17) is 23.2 Å². The van der Waals surface area contributed by atoms with Gasteiger partial charge in [-0.1, -0.05) is 36.2 Å². The molecule has 1 aliphatic heterocycles. The van der Waals surface area contributed by atoms with Gasteiger partial charge in [0.25, 0.3) is 0 Å². The van der Waals surface area contributed by atoms with Crippen LogP contribution in [0.2, 0.25) is 10.0 Å². The van der Waals surface area contributed by atoms with E-state index in [1.165, 1.54) is 16.4 Å². The third-order valence-corrected chi connectivity index (χ3v) is 7.09. The van der Waals surface area contributed by atoms with Crippen molar-refractivity contribution in [1.29, 1.82) is 0 Å². The van der Waals surface area contributed by atoms with E-state index >= 15 is 0 Å². The summed E-state index contributed by atoms with van der Waals surface area (Å²) < 4.78 is 27.0. The van der Waals surface area contributed by atoms with E-state index in [-0.39, 0.29) is 33.4 Å². The molecule has 1 fully saturated rings. The minimum absolute atomic E-state index is 0.0418. The van der Waals surface area contributed by atoms with Crippen molar-refractivity contribution >= 4 is 39.1 Å². The van der Waals surface area contributed by atoms with Crippen LogP contribution in [0.1, 0.15) is 20.3 Å². The maximum Gasteiger partial charge on any atom is 0.246 e. The average molecular weight is 408 g/mol. The second kappa shape index (κ2) is 8.68. The maximum absolute atomic E-state index is 12.8. The first-order chi connectivity index (χ1) is 11.8. The Hall–Kier alpha value is -0.860. The van der Waals surface area contributed by atoms with Gasteiger partial charge < -0.3 is 5.32 Å². The molecule has 1 atom stereocenters. The van der Waals surface area contributed by atoms with Crippen LogP contribution in [-0.2, 0) is 14.8 Å². The lowest BCUT2D eigenvalue weighted by molar-refractivity contribution is -0.123. The predicted octanol–water partition coefficient (Wildman–Crippen LogP) is 2.21. The molecule has 1 amide bonds.